The van der Waals surface area contributed by atoms with Crippen molar-refractivity contribution in [1.29, 1.82) is 0 Å². The summed E-state index contributed by atoms with van der Waals surface area (Å²) < 4.78 is 19.1. The molecule has 0 aliphatic carbocycles. The van der Waals surface area contributed by atoms with E-state index in [4.69, 9.17) is 9.84 Å². The molecule has 1 aromatic rings. The lowest BCUT2D eigenvalue weighted by molar-refractivity contribution is -0.141. The molecule has 0 aromatic heterocycles. The number of methoxy groups -OCH3 is 1. The molecule has 1 aromatic carbocycles. The summed E-state index contributed by atoms with van der Waals surface area (Å²) >= 11 is 0. The highest BCUT2D eigenvalue weighted by Crippen LogP contribution is 2.33. The topological polar surface area (TPSA) is 58.6 Å². The number of carboxylic acids is 1. The summed E-state index contributed by atoms with van der Waals surface area (Å²) in [6.45, 7) is 2.23. The average Bonchev–Trinajstić information content (AvgIpc) is 2.81. The summed E-state index contributed by atoms with van der Waals surface area (Å²) in [6, 6.07) is 3.10. The zero-order valence-electron chi connectivity index (χ0n) is 10.4. The lowest BCUT2D eigenvalue weighted by atomic mass is 9.98. The SMILES string of the molecule is COc1cc(C)cc(C2CC(C(=O)O)CN2)c1F. The average molecular weight is 253 g/mol. The third kappa shape index (κ3) is 2.31. The van der Waals surface area contributed by atoms with Crippen LogP contribution in [-0.2, 0) is 4.79 Å². The fourth-order valence-corrected chi connectivity index (χ4v) is 2.33. The maximum absolute atomic E-state index is 14.1. The Kier molecular flexibility index (Phi) is 3.52. The maximum atomic E-state index is 14.1. The van der Waals surface area contributed by atoms with Gasteiger partial charge in [0, 0.05) is 18.2 Å². The largest absolute Gasteiger partial charge is 0.494 e. The first-order valence-corrected chi connectivity index (χ1v) is 5.83. The number of hydrogen-bond donors (Lipinski definition) is 2. The van der Waals surface area contributed by atoms with E-state index in [-0.39, 0.29) is 11.8 Å². The van der Waals surface area contributed by atoms with E-state index in [1.54, 1.807) is 12.1 Å². The van der Waals surface area contributed by atoms with Gasteiger partial charge in [-0.25, -0.2) is 4.39 Å². The molecule has 2 N–H and O–H groups in total. The minimum Gasteiger partial charge on any atom is -0.494 e. The van der Waals surface area contributed by atoms with Crippen molar-refractivity contribution in [2.45, 2.75) is 19.4 Å². The van der Waals surface area contributed by atoms with Crippen molar-refractivity contribution < 1.29 is 19.0 Å². The number of ether oxygens (including phenoxy) is 1. The van der Waals surface area contributed by atoms with Gasteiger partial charge in [-0.05, 0) is 25.0 Å². The van der Waals surface area contributed by atoms with Gasteiger partial charge in [0.2, 0.25) is 0 Å². The molecule has 1 heterocycles. The van der Waals surface area contributed by atoms with Crippen LogP contribution in [0.4, 0.5) is 4.39 Å². The molecule has 1 fully saturated rings. The van der Waals surface area contributed by atoms with Crippen LogP contribution in [0.1, 0.15) is 23.6 Å². The third-order valence-electron chi connectivity index (χ3n) is 3.29. The second-order valence-corrected chi connectivity index (χ2v) is 4.60. The molecule has 0 radical (unpaired) electrons. The van der Waals surface area contributed by atoms with E-state index in [1.165, 1.54) is 7.11 Å². The number of aryl methyl sites for hydroxylation is 1. The number of nitrogens with one attached hydrogen (secondary N) is 1. The molecule has 0 saturated carbocycles. The number of aliphatic carboxylic acids is 1. The first kappa shape index (κ1) is 12.8. The van der Waals surface area contributed by atoms with Gasteiger partial charge < -0.3 is 15.2 Å². The van der Waals surface area contributed by atoms with Crippen molar-refractivity contribution >= 4 is 5.97 Å². The van der Waals surface area contributed by atoms with Gasteiger partial charge in [0.1, 0.15) is 0 Å². The molecule has 1 saturated heterocycles. The normalized spacial score (nSPS) is 23.1. The molecule has 2 atom stereocenters. The van der Waals surface area contributed by atoms with Crippen LogP contribution in [0, 0.1) is 18.7 Å². The summed E-state index contributed by atoms with van der Waals surface area (Å²) in [4.78, 5) is 10.9. The number of carboxylic acid groups (broad SMARTS) is 1. The number of rotatable bonds is 3. The number of halogens is 1. The highest BCUT2D eigenvalue weighted by atomic mass is 19.1. The molecular weight excluding hydrogens is 237 g/mol. The molecule has 2 rings (SSSR count). The van der Waals surface area contributed by atoms with Crippen LogP contribution < -0.4 is 10.1 Å². The van der Waals surface area contributed by atoms with E-state index in [0.29, 0.717) is 18.5 Å². The Hall–Kier alpha value is -1.62. The van der Waals surface area contributed by atoms with Gasteiger partial charge in [0.25, 0.3) is 0 Å². The zero-order chi connectivity index (χ0) is 13.3. The van der Waals surface area contributed by atoms with Gasteiger partial charge >= 0.3 is 5.97 Å². The molecule has 5 heteroatoms. The maximum Gasteiger partial charge on any atom is 0.307 e. The highest BCUT2D eigenvalue weighted by molar-refractivity contribution is 5.70. The molecular formula is C13H16FNO3. The van der Waals surface area contributed by atoms with Crippen molar-refractivity contribution in [1.82, 2.24) is 5.32 Å². The van der Waals surface area contributed by atoms with Crippen LogP contribution in [0.3, 0.4) is 0 Å². The van der Waals surface area contributed by atoms with Gasteiger partial charge in [0.05, 0.1) is 13.0 Å². The molecule has 4 nitrogen and oxygen atoms in total. The number of benzene rings is 1. The predicted octanol–water partition coefficient (Wildman–Crippen LogP) is 1.88. The fourth-order valence-electron chi connectivity index (χ4n) is 2.33. The Balaban J connectivity index is 2.29. The quantitative estimate of drug-likeness (QED) is 0.863. The Morgan fingerprint density at radius 2 is 2.28 bits per heavy atom. The Labute approximate surface area is 105 Å². The first-order chi connectivity index (χ1) is 8.52. The lowest BCUT2D eigenvalue weighted by Gasteiger charge is -2.15. The van der Waals surface area contributed by atoms with E-state index < -0.39 is 17.7 Å². The Morgan fingerprint density at radius 1 is 1.56 bits per heavy atom. The lowest BCUT2D eigenvalue weighted by Crippen LogP contribution is -2.17. The fraction of sp³-hybridized carbons (Fsp3) is 0.462. The van der Waals surface area contributed by atoms with Crippen molar-refractivity contribution in [3.8, 4) is 5.75 Å². The first-order valence-electron chi connectivity index (χ1n) is 5.83. The van der Waals surface area contributed by atoms with E-state index >= 15 is 0 Å². The summed E-state index contributed by atoms with van der Waals surface area (Å²) in [5, 5.41) is 12.0. The van der Waals surface area contributed by atoms with Crippen LogP contribution in [0.25, 0.3) is 0 Å². The third-order valence-corrected chi connectivity index (χ3v) is 3.29. The molecule has 0 amide bonds. The summed E-state index contributed by atoms with van der Waals surface area (Å²) in [5.41, 5.74) is 1.37. The smallest absolute Gasteiger partial charge is 0.307 e. The standard InChI is InChI=1S/C13H16FNO3/c1-7-3-9(12(14)11(4-7)18-2)10-5-8(6-15-10)13(16)17/h3-4,8,10,15H,5-6H2,1-2H3,(H,16,17). The Bertz CT molecular complexity index is 476. The van der Waals surface area contributed by atoms with E-state index in [9.17, 15) is 9.18 Å². The second-order valence-electron chi connectivity index (χ2n) is 4.60. The highest BCUT2D eigenvalue weighted by Gasteiger charge is 2.32. The molecule has 18 heavy (non-hydrogen) atoms. The van der Waals surface area contributed by atoms with Gasteiger partial charge in [-0.2, -0.15) is 0 Å². The van der Waals surface area contributed by atoms with Crippen molar-refractivity contribution in [2.75, 3.05) is 13.7 Å². The van der Waals surface area contributed by atoms with Crippen LogP contribution >= 0.6 is 0 Å². The summed E-state index contributed by atoms with van der Waals surface area (Å²) in [5.74, 6) is -1.51. The van der Waals surface area contributed by atoms with Gasteiger partial charge in [-0.3, -0.25) is 4.79 Å². The second kappa shape index (κ2) is 4.94. The van der Waals surface area contributed by atoms with Crippen molar-refractivity contribution in [2.24, 2.45) is 5.92 Å². The number of carbonyl (C=O) groups is 1. The van der Waals surface area contributed by atoms with E-state index in [0.717, 1.165) is 5.56 Å². The molecule has 1 aliphatic rings. The minimum atomic E-state index is -0.843. The molecule has 0 spiro atoms. The molecule has 98 valence electrons. The van der Waals surface area contributed by atoms with Crippen LogP contribution in [0.5, 0.6) is 5.75 Å². The molecule has 1 aliphatic heterocycles. The summed E-state index contributed by atoms with van der Waals surface area (Å²) in [7, 11) is 1.42. The zero-order valence-corrected chi connectivity index (χ0v) is 10.4. The van der Waals surface area contributed by atoms with Crippen molar-refractivity contribution in [3.05, 3.63) is 29.1 Å². The monoisotopic (exact) mass is 253 g/mol. The Morgan fingerprint density at radius 3 is 2.83 bits per heavy atom. The van der Waals surface area contributed by atoms with Gasteiger partial charge in [0.15, 0.2) is 11.6 Å². The molecule has 0 bridgehead atoms. The van der Waals surface area contributed by atoms with E-state index in [2.05, 4.69) is 5.32 Å². The minimum absolute atomic E-state index is 0.200. The van der Waals surface area contributed by atoms with Gasteiger partial charge in [-0.15, -0.1) is 0 Å². The van der Waals surface area contributed by atoms with Crippen LogP contribution in [0.15, 0.2) is 12.1 Å². The van der Waals surface area contributed by atoms with Crippen LogP contribution in [0.2, 0.25) is 0 Å². The van der Waals surface area contributed by atoms with Crippen molar-refractivity contribution in [3.63, 3.8) is 0 Å². The van der Waals surface area contributed by atoms with Gasteiger partial charge in [-0.1, -0.05) is 6.07 Å². The van der Waals surface area contributed by atoms with E-state index in [1.807, 2.05) is 6.92 Å². The summed E-state index contributed by atoms with van der Waals surface area (Å²) in [6.07, 6.45) is 0.402. The van der Waals surface area contributed by atoms with Crippen LogP contribution in [-0.4, -0.2) is 24.7 Å². The predicted molar refractivity (Wildman–Crippen MR) is 64.2 cm³/mol. The number of hydrogen-bond acceptors (Lipinski definition) is 3. The molecule has 2 unspecified atom stereocenters.